The van der Waals surface area contributed by atoms with Crippen LogP contribution in [0.2, 0.25) is 0 Å². The van der Waals surface area contributed by atoms with Crippen LogP contribution in [0.25, 0.3) is 0 Å². The number of hydrogen-bond acceptors (Lipinski definition) is 16. The van der Waals surface area contributed by atoms with E-state index in [0.29, 0.717) is 19.3 Å². The molecule has 0 heterocycles. The molecule has 0 bridgehead atoms. The predicted octanol–water partition coefficient (Wildman–Crippen LogP) is -7.69. The number of rotatable bonds is 10. The third kappa shape index (κ3) is 10.3. The average Bonchev–Trinajstić information content (AvgIpc) is 3.64. The molecular formula is C47H60Na3O16P. The van der Waals surface area contributed by atoms with E-state index < -0.39 is 102 Å². The molecule has 15 atom stereocenters. The van der Waals surface area contributed by atoms with Crippen molar-refractivity contribution in [3.05, 3.63) is 47.6 Å². The molecule has 4 N–H and O–H groups in total. The molecule has 0 spiro atoms. The molecule has 0 saturated heterocycles. The van der Waals surface area contributed by atoms with Crippen molar-refractivity contribution >= 4 is 42.9 Å². The number of phosphoric ester groups is 1. The second-order valence-corrected chi connectivity index (χ2v) is 22.0. The van der Waals surface area contributed by atoms with Crippen LogP contribution in [0, 0.1) is 63.1 Å². The maximum atomic E-state index is 13.1. The summed E-state index contributed by atoms with van der Waals surface area (Å²) in [7, 11) is -5.34. The molecule has 0 aromatic carbocycles. The van der Waals surface area contributed by atoms with Crippen molar-refractivity contribution in [3.63, 3.8) is 0 Å². The number of allylic oxidation sites excluding steroid dienone is 8. The number of esters is 1. The first-order chi connectivity index (χ1) is 29.6. The van der Waals surface area contributed by atoms with E-state index in [0.717, 1.165) is 24.0 Å². The van der Waals surface area contributed by atoms with Crippen LogP contribution < -0.4 is 104 Å². The Balaban J connectivity index is 0.000000282. The van der Waals surface area contributed by atoms with Crippen LogP contribution in [-0.4, -0.2) is 92.1 Å². The Bertz CT molecular complexity index is 2190. The normalized spacial score (nSPS) is 42.0. The van der Waals surface area contributed by atoms with Crippen molar-refractivity contribution in [2.75, 3.05) is 13.2 Å². The summed E-state index contributed by atoms with van der Waals surface area (Å²) in [4.78, 5) is 93.7. The molecule has 16 nitrogen and oxygen atoms in total. The third-order valence-corrected chi connectivity index (χ3v) is 18.2. The topological polar surface area (TPSA) is 288 Å². The van der Waals surface area contributed by atoms with Gasteiger partial charge in [-0.1, -0.05) is 57.9 Å². The van der Waals surface area contributed by atoms with Crippen LogP contribution >= 0.6 is 7.82 Å². The molecule has 0 aromatic heterocycles. The molecule has 8 aliphatic carbocycles. The van der Waals surface area contributed by atoms with Crippen LogP contribution in [0.3, 0.4) is 0 Å². The second kappa shape index (κ2) is 21.2. The van der Waals surface area contributed by atoms with E-state index in [1.54, 1.807) is 31.2 Å². The van der Waals surface area contributed by atoms with Gasteiger partial charge in [0.2, 0.25) is 5.78 Å². The van der Waals surface area contributed by atoms with Crippen LogP contribution in [0.15, 0.2) is 47.6 Å². The van der Waals surface area contributed by atoms with Crippen molar-refractivity contribution in [1.29, 1.82) is 0 Å². The molecule has 6 fully saturated rings. The first-order valence-electron chi connectivity index (χ1n) is 22.4. The fourth-order valence-corrected chi connectivity index (χ4v) is 15.1. The molecule has 67 heavy (non-hydrogen) atoms. The Hall–Kier alpha value is -0.470. The van der Waals surface area contributed by atoms with E-state index in [9.17, 15) is 68.7 Å². The summed E-state index contributed by atoms with van der Waals surface area (Å²) in [6, 6.07) is 0. The summed E-state index contributed by atoms with van der Waals surface area (Å²) in [6.45, 7) is 8.17. The Kier molecular flexibility index (Phi) is 18.7. The summed E-state index contributed by atoms with van der Waals surface area (Å²) in [5.41, 5.74) is -4.34. The number of hydrogen-bond donors (Lipinski definition) is 4. The SMILES string of the molecule is C[C@H]1C[C@@H]2[C@H]([C@@H](O)C[C@@]3(C)[C@H]2CC[C@]3(O)C(=O)COC(=O)CCC(=O)[O-])[C@@]2(C)C=CC(=O)C=C12.C[C@]12C=CC(=O)C=C1CC[C@@H]1[C@@H]2[C@@H](O)C[C@@]2(C)[C@H]1CC[C@]2(O)C(=O)COP(=O)([O-])[O-].[Na+].[Na+].[Na+]. The molecule has 352 valence electrons. The minimum Gasteiger partial charge on any atom is -0.790 e. The fourth-order valence-electron chi connectivity index (χ4n) is 14.8. The average molecular weight is 981 g/mol. The Labute approximate surface area is 457 Å². The van der Waals surface area contributed by atoms with Gasteiger partial charge in [0.05, 0.1) is 26.5 Å². The molecular weight excluding hydrogens is 920 g/mol. The van der Waals surface area contributed by atoms with E-state index in [1.165, 1.54) is 0 Å². The number of aliphatic hydroxyl groups excluding tert-OH is 2. The van der Waals surface area contributed by atoms with E-state index in [-0.39, 0.29) is 167 Å². The van der Waals surface area contributed by atoms with Crippen LogP contribution in [-0.2, 0) is 42.6 Å². The number of carbonyl (C=O) groups is 6. The molecule has 0 unspecified atom stereocenters. The number of aliphatic hydroxyl groups is 4. The van der Waals surface area contributed by atoms with Crippen molar-refractivity contribution in [3.8, 4) is 0 Å². The first kappa shape index (κ1) is 59.1. The monoisotopic (exact) mass is 980 g/mol. The quantitative estimate of drug-likeness (QED) is 0.0899. The number of carbonyl (C=O) groups excluding carboxylic acids is 6. The van der Waals surface area contributed by atoms with Gasteiger partial charge in [0.15, 0.2) is 24.0 Å². The summed E-state index contributed by atoms with van der Waals surface area (Å²) in [6.07, 6.45) is 11.9. The molecule has 6 saturated carbocycles. The minimum absolute atomic E-state index is 0. The predicted molar refractivity (Wildman–Crippen MR) is 219 cm³/mol. The van der Waals surface area contributed by atoms with E-state index in [4.69, 9.17) is 4.74 Å². The summed E-state index contributed by atoms with van der Waals surface area (Å²) >= 11 is 0. The van der Waals surface area contributed by atoms with Crippen molar-refractivity contribution in [2.24, 2.45) is 63.1 Å². The molecule has 8 aliphatic rings. The Morgan fingerprint density at radius 3 is 1.78 bits per heavy atom. The van der Waals surface area contributed by atoms with E-state index in [2.05, 4.69) is 18.4 Å². The number of Topliss-reactive ketones (excluding diaryl/α,β-unsaturated/α-hetero) is 2. The van der Waals surface area contributed by atoms with Gasteiger partial charge in [-0.05, 0) is 118 Å². The Morgan fingerprint density at radius 1 is 0.746 bits per heavy atom. The first-order valence-corrected chi connectivity index (χ1v) is 23.9. The van der Waals surface area contributed by atoms with Crippen LogP contribution in [0.1, 0.15) is 105 Å². The number of carboxylic acid groups (broad SMARTS) is 1. The number of ether oxygens (including phenoxy) is 1. The van der Waals surface area contributed by atoms with Gasteiger partial charge in [0, 0.05) is 39.5 Å². The van der Waals surface area contributed by atoms with Gasteiger partial charge in [0.25, 0.3) is 0 Å². The fraction of sp³-hybridized carbons (Fsp3) is 0.702. The number of aliphatic carboxylic acids is 1. The van der Waals surface area contributed by atoms with Gasteiger partial charge in [-0.3, -0.25) is 24.0 Å². The maximum Gasteiger partial charge on any atom is 1.00 e. The number of phosphoric acid groups is 1. The molecule has 8 rings (SSSR count). The largest absolute Gasteiger partial charge is 1.00 e. The summed E-state index contributed by atoms with van der Waals surface area (Å²) in [5, 5.41) is 56.1. The maximum absolute atomic E-state index is 13.1. The smallest absolute Gasteiger partial charge is 0.790 e. The number of fused-ring (bicyclic) bond motifs is 10. The van der Waals surface area contributed by atoms with Crippen molar-refractivity contribution < 1.29 is 167 Å². The third-order valence-electron chi connectivity index (χ3n) is 17.8. The Morgan fingerprint density at radius 2 is 1.24 bits per heavy atom. The summed E-state index contributed by atoms with van der Waals surface area (Å²) in [5.74, 6) is -3.90. The second-order valence-electron chi connectivity index (χ2n) is 20.8. The minimum atomic E-state index is -5.34. The standard InChI is InChI=1S/C26H34O8.C21H29O8P.3Na/c1-14-10-16-17-7-9-26(33,20(29)13-34-22(32)5-4-21(30)31)25(17,3)12-19(28)23(16)24(2)8-6-15(27)11-18(14)24;1-19-7-5-13(22)9-12(19)3-4-14-15-6-8-21(25,17(24)11-29-30(26,27)28)20(15,2)10-16(23)18(14)19;;;/h6,8,11,14,16-17,19,23,28,33H,4-5,7,9-10,12-13H2,1-3H3,(H,30,31);5,7,9,14-16,18,23,25H,3-4,6,8,10-11H2,1-2H3,(H2,26,27,28);;;/q;;3*+1/p-3/t14-,16-,17-,19-,23+,24-,25-,26-;14-,15-,16-,18+,19-,20-,21-;;;/m00.../s1. The zero-order chi connectivity index (χ0) is 47.2. The van der Waals surface area contributed by atoms with Gasteiger partial charge in [0.1, 0.15) is 17.8 Å². The van der Waals surface area contributed by atoms with Gasteiger partial charge < -0.3 is 53.9 Å². The summed E-state index contributed by atoms with van der Waals surface area (Å²) < 4.78 is 19.9. The van der Waals surface area contributed by atoms with Crippen molar-refractivity contribution in [2.45, 2.75) is 129 Å². The van der Waals surface area contributed by atoms with Gasteiger partial charge in [-0.15, -0.1) is 0 Å². The van der Waals surface area contributed by atoms with E-state index >= 15 is 0 Å². The number of ketones is 4. The molecule has 0 radical (unpaired) electrons. The van der Waals surface area contributed by atoms with Gasteiger partial charge in [-0.25, -0.2) is 0 Å². The molecule has 0 amide bonds. The van der Waals surface area contributed by atoms with Crippen LogP contribution in [0.5, 0.6) is 0 Å². The zero-order valence-electron chi connectivity index (χ0n) is 40.0. The van der Waals surface area contributed by atoms with Crippen LogP contribution in [0.4, 0.5) is 0 Å². The van der Waals surface area contributed by atoms with Crippen molar-refractivity contribution in [1.82, 2.24) is 0 Å². The zero-order valence-corrected chi connectivity index (χ0v) is 46.9. The molecule has 0 aliphatic heterocycles. The molecule has 20 heteroatoms. The van der Waals surface area contributed by atoms with E-state index in [1.807, 2.05) is 26.0 Å². The van der Waals surface area contributed by atoms with Gasteiger partial charge >= 0.3 is 94.6 Å². The van der Waals surface area contributed by atoms with Gasteiger partial charge in [-0.2, -0.15) is 0 Å². The molecule has 0 aromatic rings. The number of carboxylic acids is 1.